The van der Waals surface area contributed by atoms with Gasteiger partial charge in [-0.25, -0.2) is 18.7 Å². The van der Waals surface area contributed by atoms with Gasteiger partial charge in [-0.05, 0) is 50.7 Å². The first-order chi connectivity index (χ1) is 16.9. The minimum absolute atomic E-state index is 0.0320. The molecule has 4 N–H and O–H groups in total. The van der Waals surface area contributed by atoms with Crippen LogP contribution in [-0.2, 0) is 4.79 Å². The van der Waals surface area contributed by atoms with Crippen LogP contribution in [0.1, 0.15) is 57.4 Å². The predicted octanol–water partition coefficient (Wildman–Crippen LogP) is 5.12. The van der Waals surface area contributed by atoms with Crippen molar-refractivity contribution in [1.29, 1.82) is 0 Å². The number of rotatable bonds is 7. The molecule has 0 bridgehead atoms. The van der Waals surface area contributed by atoms with Crippen molar-refractivity contribution in [3.05, 3.63) is 35.0 Å². The zero-order chi connectivity index (χ0) is 24.5. The summed E-state index contributed by atoms with van der Waals surface area (Å²) in [6.45, 7) is 0.0364. The maximum absolute atomic E-state index is 14.6. The van der Waals surface area contributed by atoms with E-state index in [1.807, 2.05) is 4.57 Å². The van der Waals surface area contributed by atoms with Gasteiger partial charge in [0.25, 0.3) is 0 Å². The molecule has 8 nitrogen and oxygen atoms in total. The number of aromatic nitrogens is 4. The van der Waals surface area contributed by atoms with Gasteiger partial charge < -0.3 is 16.4 Å². The molecule has 0 amide bonds. The smallest absolute Gasteiger partial charge is 0.224 e. The van der Waals surface area contributed by atoms with Crippen LogP contribution in [0.25, 0.3) is 11.2 Å². The molecule has 3 aromatic rings. The van der Waals surface area contributed by atoms with Crippen molar-refractivity contribution in [3.8, 4) is 0 Å². The number of nitrogens with zero attached hydrogens (tertiary/aromatic N) is 4. The lowest BCUT2D eigenvalue weighted by atomic mass is 9.83. The lowest BCUT2D eigenvalue weighted by molar-refractivity contribution is -0.122. The number of carbonyl (C=O) groups is 1. The van der Waals surface area contributed by atoms with E-state index in [2.05, 4.69) is 20.6 Å². The average molecular weight is 504 g/mol. The summed E-state index contributed by atoms with van der Waals surface area (Å²) in [4.78, 5) is 25.9. The van der Waals surface area contributed by atoms with E-state index in [1.54, 1.807) is 6.20 Å². The van der Waals surface area contributed by atoms with Gasteiger partial charge in [-0.15, -0.1) is 0 Å². The summed E-state index contributed by atoms with van der Waals surface area (Å²) < 4.78 is 31.1. The Bertz CT molecular complexity index is 1210. The van der Waals surface area contributed by atoms with Crippen molar-refractivity contribution in [2.75, 3.05) is 17.2 Å². The molecule has 2 heterocycles. The number of anilines is 3. The molecule has 0 unspecified atom stereocenters. The topological polar surface area (TPSA) is 111 Å². The zero-order valence-electron chi connectivity index (χ0n) is 19.2. The number of Topliss-reactive ketones (excluding diaryl/α,β-unsaturated/α-hetero) is 1. The summed E-state index contributed by atoms with van der Waals surface area (Å²) in [6.07, 6.45) is 8.87. The first kappa shape index (κ1) is 23.9. The molecule has 0 aliphatic heterocycles. The summed E-state index contributed by atoms with van der Waals surface area (Å²) in [5.41, 5.74) is 6.31. The Morgan fingerprint density at radius 1 is 1.09 bits per heavy atom. The molecule has 2 saturated carbocycles. The van der Waals surface area contributed by atoms with Crippen LogP contribution in [0.5, 0.6) is 0 Å². The van der Waals surface area contributed by atoms with Gasteiger partial charge in [0.1, 0.15) is 17.0 Å². The highest BCUT2D eigenvalue weighted by Crippen LogP contribution is 2.38. The van der Waals surface area contributed by atoms with Gasteiger partial charge in [-0.3, -0.25) is 9.36 Å². The van der Waals surface area contributed by atoms with Crippen LogP contribution in [-0.4, -0.2) is 37.9 Å². The molecule has 1 aromatic carbocycles. The number of hydrogen-bond donors (Lipinski definition) is 3. The molecule has 0 atom stereocenters. The Morgan fingerprint density at radius 3 is 2.43 bits per heavy atom. The molecular weight excluding hydrogens is 476 g/mol. The van der Waals surface area contributed by atoms with Crippen molar-refractivity contribution in [1.82, 2.24) is 19.5 Å². The van der Waals surface area contributed by atoms with E-state index >= 15 is 0 Å². The van der Waals surface area contributed by atoms with Crippen LogP contribution in [0.2, 0.25) is 5.02 Å². The third-order valence-corrected chi connectivity index (χ3v) is 7.30. The molecule has 0 radical (unpaired) electrons. The molecule has 2 aliphatic carbocycles. The minimum atomic E-state index is -0.819. The summed E-state index contributed by atoms with van der Waals surface area (Å²) >= 11 is 5.79. The molecule has 11 heteroatoms. The second kappa shape index (κ2) is 10.0. The SMILES string of the molecule is NCC(=O)C1CCC(n2c(Nc3c(F)cc(Cl)cc3F)nc3cnc(NC4CCCC4)nc32)CC1. The number of halogens is 3. The van der Waals surface area contributed by atoms with Crippen molar-refractivity contribution in [2.24, 2.45) is 11.7 Å². The highest BCUT2D eigenvalue weighted by molar-refractivity contribution is 6.30. The van der Waals surface area contributed by atoms with Gasteiger partial charge in [-0.1, -0.05) is 24.4 Å². The van der Waals surface area contributed by atoms with E-state index in [1.165, 1.54) is 12.8 Å². The van der Waals surface area contributed by atoms with Gasteiger partial charge >= 0.3 is 0 Å². The van der Waals surface area contributed by atoms with Crippen LogP contribution >= 0.6 is 11.6 Å². The lowest BCUT2D eigenvalue weighted by Gasteiger charge is -2.29. The summed E-state index contributed by atoms with van der Waals surface area (Å²) in [5.74, 6) is -0.870. The van der Waals surface area contributed by atoms with Gasteiger partial charge in [-0.2, -0.15) is 4.98 Å². The fourth-order valence-electron chi connectivity index (χ4n) is 5.24. The van der Waals surface area contributed by atoms with E-state index < -0.39 is 11.6 Å². The van der Waals surface area contributed by atoms with Gasteiger partial charge in [0.15, 0.2) is 17.3 Å². The van der Waals surface area contributed by atoms with Crippen molar-refractivity contribution in [2.45, 2.75) is 63.5 Å². The first-order valence-corrected chi connectivity index (χ1v) is 12.5. The van der Waals surface area contributed by atoms with E-state index in [4.69, 9.17) is 22.3 Å². The van der Waals surface area contributed by atoms with E-state index in [-0.39, 0.29) is 40.9 Å². The monoisotopic (exact) mass is 503 g/mol. The van der Waals surface area contributed by atoms with Crippen molar-refractivity contribution >= 4 is 46.1 Å². The molecule has 0 spiro atoms. The Labute approximate surface area is 206 Å². The number of nitrogens with one attached hydrogen (secondary N) is 2. The molecule has 5 rings (SSSR count). The Kier molecular flexibility index (Phi) is 6.84. The normalized spacial score (nSPS) is 20.9. The van der Waals surface area contributed by atoms with E-state index in [0.29, 0.717) is 48.8 Å². The van der Waals surface area contributed by atoms with E-state index in [9.17, 15) is 13.6 Å². The zero-order valence-corrected chi connectivity index (χ0v) is 20.0. The van der Waals surface area contributed by atoms with Gasteiger partial charge in [0.05, 0.1) is 12.7 Å². The molecule has 2 fully saturated rings. The number of fused-ring (bicyclic) bond motifs is 1. The standard InChI is InChI=1S/C24H28ClF2N7O/c25-14-9-17(26)21(18(27)10-14)32-24-31-19-12-29-23(30-15-3-1-2-4-15)33-22(19)34(24)16-7-5-13(6-8-16)20(35)11-28/h9-10,12-13,15-16H,1-8,11,28H2,(H,31,32)(H,29,30,33). The maximum Gasteiger partial charge on any atom is 0.224 e. The fraction of sp³-hybridized carbons (Fsp3) is 0.500. The number of ketones is 1. The molecule has 2 aliphatic rings. The molecule has 35 heavy (non-hydrogen) atoms. The number of benzene rings is 1. The fourth-order valence-corrected chi connectivity index (χ4v) is 5.43. The number of imidazole rings is 1. The highest BCUT2D eigenvalue weighted by atomic mass is 35.5. The lowest BCUT2D eigenvalue weighted by Crippen LogP contribution is -2.28. The van der Waals surface area contributed by atoms with Gasteiger partial charge in [0.2, 0.25) is 11.9 Å². The number of nitrogens with two attached hydrogens (primary N) is 1. The molecule has 2 aromatic heterocycles. The van der Waals surface area contributed by atoms with Crippen LogP contribution in [0.15, 0.2) is 18.3 Å². The maximum atomic E-state index is 14.6. The third-order valence-electron chi connectivity index (χ3n) is 7.08. The van der Waals surface area contributed by atoms with Crippen molar-refractivity contribution in [3.63, 3.8) is 0 Å². The number of carbonyl (C=O) groups excluding carboxylic acids is 1. The third kappa shape index (κ3) is 4.95. The first-order valence-electron chi connectivity index (χ1n) is 12.1. The summed E-state index contributed by atoms with van der Waals surface area (Å²) in [7, 11) is 0. The largest absolute Gasteiger partial charge is 0.351 e. The summed E-state index contributed by atoms with van der Waals surface area (Å²) in [6, 6.07) is 2.37. The average Bonchev–Trinajstić information content (AvgIpc) is 3.48. The second-order valence-electron chi connectivity index (χ2n) is 9.38. The van der Waals surface area contributed by atoms with Crippen LogP contribution in [0.4, 0.5) is 26.4 Å². The Hall–Kier alpha value is -2.85. The molecule has 186 valence electrons. The van der Waals surface area contributed by atoms with E-state index in [0.717, 1.165) is 25.0 Å². The van der Waals surface area contributed by atoms with Crippen LogP contribution in [0, 0.1) is 17.6 Å². The van der Waals surface area contributed by atoms with Gasteiger partial charge in [0, 0.05) is 23.0 Å². The number of hydrogen-bond acceptors (Lipinski definition) is 7. The second-order valence-corrected chi connectivity index (χ2v) is 9.82. The predicted molar refractivity (Wildman–Crippen MR) is 131 cm³/mol. The Morgan fingerprint density at radius 2 is 1.77 bits per heavy atom. The highest BCUT2D eigenvalue weighted by Gasteiger charge is 2.30. The Balaban J connectivity index is 1.52. The molecular formula is C24H28ClF2N7O. The summed E-state index contributed by atoms with van der Waals surface area (Å²) in [5, 5.41) is 6.20. The molecule has 0 saturated heterocycles. The van der Waals surface area contributed by atoms with Crippen molar-refractivity contribution < 1.29 is 13.6 Å². The minimum Gasteiger partial charge on any atom is -0.351 e. The quantitative estimate of drug-likeness (QED) is 0.410. The van der Waals surface area contributed by atoms with Crippen LogP contribution < -0.4 is 16.4 Å². The van der Waals surface area contributed by atoms with Crippen LogP contribution in [0.3, 0.4) is 0 Å².